The van der Waals surface area contributed by atoms with Crippen molar-refractivity contribution in [3.05, 3.63) is 23.4 Å². The predicted octanol–water partition coefficient (Wildman–Crippen LogP) is 2.55. The molecule has 1 aliphatic carbocycles. The molecule has 1 N–H and O–H groups in total. The molecule has 0 radical (unpaired) electrons. The first kappa shape index (κ1) is 13.8. The van der Waals surface area contributed by atoms with Crippen molar-refractivity contribution in [1.82, 2.24) is 9.88 Å². The zero-order chi connectivity index (χ0) is 13.9. The molecule has 2 rings (SSSR count). The van der Waals surface area contributed by atoms with Crippen molar-refractivity contribution < 1.29 is 0 Å². The van der Waals surface area contributed by atoms with E-state index in [1.807, 2.05) is 19.1 Å². The van der Waals surface area contributed by atoms with Crippen LogP contribution in [0.5, 0.6) is 0 Å². The Morgan fingerprint density at radius 3 is 2.63 bits per heavy atom. The lowest BCUT2D eigenvalue weighted by Crippen LogP contribution is -2.47. The molecule has 0 spiro atoms. The van der Waals surface area contributed by atoms with E-state index in [-0.39, 0.29) is 5.54 Å². The smallest absolute Gasteiger partial charge is 0.144 e. The molecule has 19 heavy (non-hydrogen) atoms. The summed E-state index contributed by atoms with van der Waals surface area (Å²) in [5, 5.41) is 12.5. The van der Waals surface area contributed by atoms with E-state index in [0.29, 0.717) is 5.56 Å². The number of rotatable bonds is 4. The lowest BCUT2D eigenvalue weighted by Gasteiger charge is -2.36. The van der Waals surface area contributed by atoms with E-state index in [0.717, 1.165) is 18.1 Å². The van der Waals surface area contributed by atoms with Crippen LogP contribution in [0.2, 0.25) is 0 Å². The highest BCUT2D eigenvalue weighted by Crippen LogP contribution is 2.34. The largest absolute Gasteiger partial charge is 0.367 e. The third kappa shape index (κ3) is 2.87. The fraction of sp³-hybridized carbons (Fsp3) is 0.600. The quantitative estimate of drug-likeness (QED) is 0.901. The van der Waals surface area contributed by atoms with Crippen LogP contribution in [0.1, 0.15) is 36.9 Å². The van der Waals surface area contributed by atoms with Crippen LogP contribution in [0.25, 0.3) is 0 Å². The summed E-state index contributed by atoms with van der Waals surface area (Å²) in [5.41, 5.74) is 1.77. The summed E-state index contributed by atoms with van der Waals surface area (Å²) in [4.78, 5) is 6.76. The lowest BCUT2D eigenvalue weighted by atomic mass is 9.96. The minimum atomic E-state index is 0.206. The maximum absolute atomic E-state index is 9.13. The van der Waals surface area contributed by atoms with Gasteiger partial charge in [0.1, 0.15) is 11.9 Å². The summed E-state index contributed by atoms with van der Waals surface area (Å²) >= 11 is 0. The van der Waals surface area contributed by atoms with E-state index < -0.39 is 0 Å². The number of likely N-dealkylation sites (N-methyl/N-ethyl adjacent to an activating group) is 1. The van der Waals surface area contributed by atoms with Gasteiger partial charge in [-0.2, -0.15) is 5.26 Å². The third-order valence-corrected chi connectivity index (χ3v) is 4.22. The van der Waals surface area contributed by atoms with E-state index >= 15 is 0 Å². The zero-order valence-electron chi connectivity index (χ0n) is 12.0. The van der Waals surface area contributed by atoms with Crippen LogP contribution in [-0.4, -0.2) is 36.1 Å². The van der Waals surface area contributed by atoms with E-state index in [4.69, 9.17) is 5.26 Å². The zero-order valence-corrected chi connectivity index (χ0v) is 12.0. The first-order chi connectivity index (χ1) is 9.07. The van der Waals surface area contributed by atoms with Gasteiger partial charge >= 0.3 is 0 Å². The molecule has 0 unspecified atom stereocenters. The Balaban J connectivity index is 2.14. The van der Waals surface area contributed by atoms with Crippen molar-refractivity contribution >= 4 is 5.82 Å². The number of aromatic nitrogens is 1. The Hall–Kier alpha value is -1.60. The van der Waals surface area contributed by atoms with Gasteiger partial charge in [0.05, 0.1) is 5.56 Å². The summed E-state index contributed by atoms with van der Waals surface area (Å²) in [5.74, 6) is 0.718. The Morgan fingerprint density at radius 2 is 2.05 bits per heavy atom. The molecule has 4 heteroatoms. The number of hydrogen-bond donors (Lipinski definition) is 1. The summed E-state index contributed by atoms with van der Waals surface area (Å²) < 4.78 is 0. The second-order valence-electron chi connectivity index (χ2n) is 5.64. The molecule has 102 valence electrons. The normalized spacial score (nSPS) is 17.4. The van der Waals surface area contributed by atoms with E-state index in [1.54, 1.807) is 0 Å². The monoisotopic (exact) mass is 258 g/mol. The van der Waals surface area contributed by atoms with Gasteiger partial charge in [-0.15, -0.1) is 0 Å². The molecule has 1 aliphatic rings. The molecular weight excluding hydrogens is 236 g/mol. The van der Waals surface area contributed by atoms with Crippen molar-refractivity contribution in [3.8, 4) is 6.07 Å². The van der Waals surface area contributed by atoms with E-state index in [9.17, 15) is 0 Å². The number of nitrogens with one attached hydrogen (secondary N) is 1. The SMILES string of the molecule is Cc1ccc(C#N)c(NCC2(N(C)C)CCCC2)n1. The fourth-order valence-electron chi connectivity index (χ4n) is 2.85. The van der Waals surface area contributed by atoms with Crippen LogP contribution >= 0.6 is 0 Å². The number of hydrogen-bond acceptors (Lipinski definition) is 4. The summed E-state index contributed by atoms with van der Waals surface area (Å²) in [7, 11) is 4.28. The molecule has 0 aliphatic heterocycles. The molecule has 4 nitrogen and oxygen atoms in total. The van der Waals surface area contributed by atoms with Crippen molar-refractivity contribution in [3.63, 3.8) is 0 Å². The van der Waals surface area contributed by atoms with Gasteiger partial charge < -0.3 is 10.2 Å². The van der Waals surface area contributed by atoms with Crippen LogP contribution < -0.4 is 5.32 Å². The summed E-state index contributed by atoms with van der Waals surface area (Å²) in [6.07, 6.45) is 4.99. The number of nitriles is 1. The van der Waals surface area contributed by atoms with E-state index in [2.05, 4.69) is 35.4 Å². The van der Waals surface area contributed by atoms with Crippen LogP contribution in [0.4, 0.5) is 5.82 Å². The molecule has 0 bridgehead atoms. The van der Waals surface area contributed by atoms with Gasteiger partial charge in [-0.05, 0) is 46.0 Å². The van der Waals surface area contributed by atoms with Gasteiger partial charge in [-0.1, -0.05) is 12.8 Å². The molecule has 0 atom stereocenters. The average Bonchev–Trinajstić information content (AvgIpc) is 2.86. The number of pyridine rings is 1. The maximum atomic E-state index is 9.13. The van der Waals surface area contributed by atoms with Crippen molar-refractivity contribution in [2.24, 2.45) is 0 Å². The Bertz CT molecular complexity index is 481. The van der Waals surface area contributed by atoms with Crippen LogP contribution in [-0.2, 0) is 0 Å². The minimum Gasteiger partial charge on any atom is -0.367 e. The Labute approximate surface area is 115 Å². The lowest BCUT2D eigenvalue weighted by molar-refractivity contribution is 0.172. The van der Waals surface area contributed by atoms with E-state index in [1.165, 1.54) is 25.7 Å². The molecule has 1 aromatic heterocycles. The topological polar surface area (TPSA) is 52.0 Å². The molecule has 1 heterocycles. The minimum absolute atomic E-state index is 0.206. The van der Waals surface area contributed by atoms with Crippen LogP contribution in [0, 0.1) is 18.3 Å². The van der Waals surface area contributed by atoms with Crippen molar-refractivity contribution in [2.45, 2.75) is 38.1 Å². The van der Waals surface area contributed by atoms with Gasteiger partial charge in [0.15, 0.2) is 0 Å². The molecule has 1 aromatic rings. The molecule has 0 saturated heterocycles. The maximum Gasteiger partial charge on any atom is 0.144 e. The van der Waals surface area contributed by atoms with Crippen molar-refractivity contribution in [2.75, 3.05) is 26.0 Å². The second-order valence-corrected chi connectivity index (χ2v) is 5.64. The van der Waals surface area contributed by atoms with Gasteiger partial charge in [-0.3, -0.25) is 0 Å². The van der Waals surface area contributed by atoms with Crippen molar-refractivity contribution in [1.29, 1.82) is 5.26 Å². The molecular formula is C15H22N4. The highest BCUT2D eigenvalue weighted by molar-refractivity contribution is 5.52. The predicted molar refractivity (Wildman–Crippen MR) is 77.1 cm³/mol. The third-order valence-electron chi connectivity index (χ3n) is 4.22. The first-order valence-electron chi connectivity index (χ1n) is 6.86. The second kappa shape index (κ2) is 5.58. The Morgan fingerprint density at radius 1 is 1.37 bits per heavy atom. The standard InChI is InChI=1S/C15H22N4/c1-12-6-7-13(10-16)14(18-12)17-11-15(19(2)3)8-4-5-9-15/h6-7H,4-5,8-9,11H2,1-3H3,(H,17,18). The molecule has 0 aromatic carbocycles. The first-order valence-corrected chi connectivity index (χ1v) is 6.86. The highest BCUT2D eigenvalue weighted by atomic mass is 15.2. The molecule has 1 fully saturated rings. The Kier molecular flexibility index (Phi) is 4.06. The highest BCUT2D eigenvalue weighted by Gasteiger charge is 2.35. The number of anilines is 1. The number of nitrogens with zero attached hydrogens (tertiary/aromatic N) is 3. The van der Waals surface area contributed by atoms with Gasteiger partial charge in [0.25, 0.3) is 0 Å². The fourth-order valence-corrected chi connectivity index (χ4v) is 2.85. The summed E-state index contributed by atoms with van der Waals surface area (Å²) in [6.45, 7) is 2.80. The van der Waals surface area contributed by atoms with Gasteiger partial charge in [-0.25, -0.2) is 4.98 Å². The summed E-state index contributed by atoms with van der Waals surface area (Å²) in [6, 6.07) is 5.91. The van der Waals surface area contributed by atoms with Gasteiger partial charge in [0.2, 0.25) is 0 Å². The molecule has 0 amide bonds. The molecule has 1 saturated carbocycles. The van der Waals surface area contributed by atoms with Crippen LogP contribution in [0.15, 0.2) is 12.1 Å². The van der Waals surface area contributed by atoms with Crippen LogP contribution in [0.3, 0.4) is 0 Å². The number of aryl methyl sites for hydroxylation is 1. The average molecular weight is 258 g/mol. The van der Waals surface area contributed by atoms with Gasteiger partial charge in [0, 0.05) is 17.8 Å².